The maximum absolute atomic E-state index is 13.2. The summed E-state index contributed by atoms with van der Waals surface area (Å²) in [5.41, 5.74) is 0.0782. The highest BCUT2D eigenvalue weighted by atomic mass is 19.1. The van der Waals surface area contributed by atoms with Gasteiger partial charge in [0.2, 0.25) is 0 Å². The number of carboxylic acid groups (broad SMARTS) is 1. The van der Waals surface area contributed by atoms with Gasteiger partial charge in [0.15, 0.2) is 6.10 Å². The summed E-state index contributed by atoms with van der Waals surface area (Å²) >= 11 is 0. The molecule has 0 spiro atoms. The van der Waals surface area contributed by atoms with Crippen molar-refractivity contribution >= 4 is 17.7 Å². The van der Waals surface area contributed by atoms with Crippen LogP contribution in [0.1, 0.15) is 5.56 Å². The molecule has 1 unspecified atom stereocenters. The quantitative estimate of drug-likeness (QED) is 0.847. The van der Waals surface area contributed by atoms with E-state index in [1.165, 1.54) is 17.0 Å². The van der Waals surface area contributed by atoms with Gasteiger partial charge in [-0.05, 0) is 18.2 Å². The van der Waals surface area contributed by atoms with E-state index in [2.05, 4.69) is 5.32 Å². The Bertz CT molecular complexity index is 614. The number of rotatable bonds is 2. The third-order valence-electron chi connectivity index (χ3n) is 2.97. The lowest BCUT2D eigenvalue weighted by Crippen LogP contribution is -2.49. The number of nitrogens with one attached hydrogen (secondary N) is 1. The molecule has 0 aliphatic carbocycles. The minimum absolute atomic E-state index is 0.0759. The number of amides is 2. The number of benzene rings is 1. The number of carbonyl (C=O) groups excluding carboxylic acids is 1. The molecule has 1 aromatic rings. The summed E-state index contributed by atoms with van der Waals surface area (Å²) in [5.74, 6) is -1.81. The summed E-state index contributed by atoms with van der Waals surface area (Å²) in [5, 5.41) is 20.1. The third kappa shape index (κ3) is 3.46. The summed E-state index contributed by atoms with van der Waals surface area (Å²) in [7, 11) is 0. The average Bonchev–Trinajstić information content (AvgIpc) is 2.49. The maximum Gasteiger partial charge on any atom is 0.334 e. The summed E-state index contributed by atoms with van der Waals surface area (Å²) in [4.78, 5) is 24.1. The van der Waals surface area contributed by atoms with Gasteiger partial charge in [-0.25, -0.2) is 14.0 Å². The molecule has 1 heterocycles. The van der Waals surface area contributed by atoms with Crippen LogP contribution in [0.4, 0.5) is 14.9 Å². The lowest BCUT2D eigenvalue weighted by molar-refractivity contribution is -0.154. The number of morpholine rings is 1. The molecule has 1 aromatic carbocycles. The zero-order valence-corrected chi connectivity index (χ0v) is 10.9. The van der Waals surface area contributed by atoms with Crippen LogP contribution in [0.25, 0.3) is 0 Å². The molecular weight excluding hydrogens is 281 g/mol. The third-order valence-corrected chi connectivity index (χ3v) is 2.97. The molecule has 1 saturated heterocycles. The van der Waals surface area contributed by atoms with E-state index >= 15 is 0 Å². The number of carboxylic acids is 1. The van der Waals surface area contributed by atoms with Gasteiger partial charge in [-0.3, -0.25) is 0 Å². The van der Waals surface area contributed by atoms with Crippen molar-refractivity contribution in [3.05, 3.63) is 29.6 Å². The Morgan fingerprint density at radius 2 is 2.29 bits per heavy atom. The summed E-state index contributed by atoms with van der Waals surface area (Å²) < 4.78 is 18.2. The lowest BCUT2D eigenvalue weighted by Gasteiger charge is -2.30. The number of hydrogen-bond donors (Lipinski definition) is 2. The van der Waals surface area contributed by atoms with Gasteiger partial charge in [0.05, 0.1) is 18.7 Å². The molecule has 0 bridgehead atoms. The number of hydrogen-bond acceptors (Lipinski definition) is 4. The van der Waals surface area contributed by atoms with Crippen molar-refractivity contribution in [1.29, 1.82) is 5.26 Å². The minimum Gasteiger partial charge on any atom is -0.479 e. The second-order valence-electron chi connectivity index (χ2n) is 4.38. The van der Waals surface area contributed by atoms with Crippen molar-refractivity contribution in [2.75, 3.05) is 25.0 Å². The van der Waals surface area contributed by atoms with Gasteiger partial charge in [0, 0.05) is 12.2 Å². The molecular formula is C13H12FN3O4. The van der Waals surface area contributed by atoms with E-state index in [1.54, 1.807) is 6.07 Å². The predicted octanol–water partition coefficient (Wildman–Crippen LogP) is 1.01. The summed E-state index contributed by atoms with van der Waals surface area (Å²) in [6.45, 7) is 0.298. The number of nitrogens with zero attached hydrogens (tertiary/aromatic N) is 2. The topological polar surface area (TPSA) is 103 Å². The predicted molar refractivity (Wildman–Crippen MR) is 69.1 cm³/mol. The normalized spacial score (nSPS) is 17.9. The van der Waals surface area contributed by atoms with E-state index in [4.69, 9.17) is 15.1 Å². The Balaban J connectivity index is 2.04. The van der Waals surface area contributed by atoms with E-state index in [0.29, 0.717) is 0 Å². The Kier molecular flexibility index (Phi) is 4.35. The van der Waals surface area contributed by atoms with Crippen LogP contribution in [-0.4, -0.2) is 47.8 Å². The molecule has 21 heavy (non-hydrogen) atoms. The summed E-state index contributed by atoms with van der Waals surface area (Å²) in [6.07, 6.45) is -1.06. The fourth-order valence-electron chi connectivity index (χ4n) is 1.87. The van der Waals surface area contributed by atoms with Gasteiger partial charge >= 0.3 is 12.0 Å². The highest BCUT2D eigenvalue weighted by Gasteiger charge is 2.29. The number of anilines is 1. The van der Waals surface area contributed by atoms with E-state index in [9.17, 15) is 14.0 Å². The van der Waals surface area contributed by atoms with Crippen molar-refractivity contribution in [2.24, 2.45) is 0 Å². The van der Waals surface area contributed by atoms with Crippen LogP contribution in [-0.2, 0) is 9.53 Å². The van der Waals surface area contributed by atoms with Crippen LogP contribution in [0.2, 0.25) is 0 Å². The van der Waals surface area contributed by atoms with Gasteiger partial charge < -0.3 is 20.1 Å². The fourth-order valence-corrected chi connectivity index (χ4v) is 1.87. The van der Waals surface area contributed by atoms with Crippen LogP contribution in [0.3, 0.4) is 0 Å². The zero-order chi connectivity index (χ0) is 15.4. The number of nitriles is 1. The van der Waals surface area contributed by atoms with Crippen LogP contribution >= 0.6 is 0 Å². The molecule has 1 aliphatic rings. The molecule has 2 amide bonds. The van der Waals surface area contributed by atoms with Gasteiger partial charge in [0.1, 0.15) is 11.9 Å². The maximum atomic E-state index is 13.2. The Hall–Kier alpha value is -2.66. The van der Waals surface area contributed by atoms with E-state index in [1.807, 2.05) is 0 Å². The largest absolute Gasteiger partial charge is 0.479 e. The van der Waals surface area contributed by atoms with Gasteiger partial charge in [-0.2, -0.15) is 5.26 Å². The molecule has 0 radical (unpaired) electrons. The van der Waals surface area contributed by atoms with Crippen molar-refractivity contribution in [3.63, 3.8) is 0 Å². The smallest absolute Gasteiger partial charge is 0.334 e. The van der Waals surface area contributed by atoms with Crippen molar-refractivity contribution < 1.29 is 23.8 Å². The number of urea groups is 1. The van der Waals surface area contributed by atoms with Crippen LogP contribution in [0.15, 0.2) is 18.2 Å². The standard InChI is InChI=1S/C13H12FN3O4/c14-10-2-1-9(5-8(10)6-15)16-13(20)17-3-4-21-11(7-17)12(18)19/h1-2,5,11H,3-4,7H2,(H,16,20)(H,18,19). The first-order valence-electron chi connectivity index (χ1n) is 6.11. The zero-order valence-electron chi connectivity index (χ0n) is 10.9. The molecule has 1 atom stereocenters. The highest BCUT2D eigenvalue weighted by Crippen LogP contribution is 2.15. The Labute approximate surface area is 119 Å². The first kappa shape index (κ1) is 14.7. The van der Waals surface area contributed by atoms with Crippen molar-refractivity contribution in [1.82, 2.24) is 4.90 Å². The first-order chi connectivity index (χ1) is 10.0. The van der Waals surface area contributed by atoms with Gasteiger partial charge in [-0.1, -0.05) is 0 Å². The Morgan fingerprint density at radius 1 is 1.52 bits per heavy atom. The van der Waals surface area contributed by atoms with Crippen LogP contribution < -0.4 is 5.32 Å². The second-order valence-corrected chi connectivity index (χ2v) is 4.38. The summed E-state index contributed by atoms with van der Waals surface area (Å²) in [6, 6.07) is 4.76. The minimum atomic E-state index is -1.14. The molecule has 7 nitrogen and oxygen atoms in total. The van der Waals surface area contributed by atoms with Crippen molar-refractivity contribution in [3.8, 4) is 6.07 Å². The van der Waals surface area contributed by atoms with E-state index < -0.39 is 23.9 Å². The number of ether oxygens (including phenoxy) is 1. The molecule has 1 fully saturated rings. The number of halogens is 1. The molecule has 110 valence electrons. The van der Waals surface area contributed by atoms with E-state index in [-0.39, 0.29) is 30.9 Å². The first-order valence-corrected chi connectivity index (χ1v) is 6.11. The fraction of sp³-hybridized carbons (Fsp3) is 0.308. The van der Waals surface area contributed by atoms with Gasteiger partial charge in [0.25, 0.3) is 0 Å². The SMILES string of the molecule is N#Cc1cc(NC(=O)N2CCOC(C(=O)O)C2)ccc1F. The molecule has 8 heteroatoms. The second kappa shape index (κ2) is 6.19. The molecule has 2 rings (SSSR count). The van der Waals surface area contributed by atoms with Crippen molar-refractivity contribution in [2.45, 2.75) is 6.10 Å². The molecule has 1 aliphatic heterocycles. The van der Waals surface area contributed by atoms with Crippen LogP contribution in [0, 0.1) is 17.1 Å². The van der Waals surface area contributed by atoms with Gasteiger partial charge in [-0.15, -0.1) is 0 Å². The molecule has 2 N–H and O–H groups in total. The molecule has 0 saturated carbocycles. The average molecular weight is 293 g/mol. The van der Waals surface area contributed by atoms with Crippen LogP contribution in [0.5, 0.6) is 0 Å². The van der Waals surface area contributed by atoms with E-state index in [0.717, 1.165) is 6.07 Å². The molecule has 0 aromatic heterocycles. The highest BCUT2D eigenvalue weighted by molar-refractivity contribution is 5.90. The monoisotopic (exact) mass is 293 g/mol. The Morgan fingerprint density at radius 3 is 2.95 bits per heavy atom. The number of aliphatic carboxylic acids is 1. The number of carbonyl (C=O) groups is 2. The lowest BCUT2D eigenvalue weighted by atomic mass is 10.2.